The molecule has 12 heteroatoms. The van der Waals surface area contributed by atoms with Crippen molar-refractivity contribution in [3.8, 4) is 0 Å². The van der Waals surface area contributed by atoms with E-state index in [-0.39, 0.29) is 5.56 Å². The summed E-state index contributed by atoms with van der Waals surface area (Å²) in [5, 5.41) is 20.2. The van der Waals surface area contributed by atoms with Crippen molar-refractivity contribution in [2.45, 2.75) is 158 Å². The Morgan fingerprint density at radius 2 is 0.863 bits per heavy atom. The topological polar surface area (TPSA) is 81.7 Å². The number of nitrogens with zero attached hydrogens (tertiary/aromatic N) is 2. The first-order valence-electron chi connectivity index (χ1n) is 20.4. The fraction of sp³-hybridized carbons (Fsp3) is 0.821. The van der Waals surface area contributed by atoms with Crippen molar-refractivity contribution in [1.82, 2.24) is 15.4 Å². The molecule has 0 saturated carbocycles. The van der Waals surface area contributed by atoms with E-state index in [0.717, 1.165) is 0 Å². The SMILES string of the molecule is CCCC[P+](CCCC)(CCCC)CCCC.CCCC[P+](CCCC)(CCCC)CCCC.F[B-](F)(F)F.O=C([O-])c1cccc2[nH]nnc12. The van der Waals surface area contributed by atoms with Crippen molar-refractivity contribution in [2.24, 2.45) is 0 Å². The quantitative estimate of drug-likeness (QED) is 0.0620. The average Bonchev–Trinajstić information content (AvgIpc) is 3.59. The number of carbonyl (C=O) groups is 1. The van der Waals surface area contributed by atoms with Crippen LogP contribution in [0.3, 0.4) is 0 Å². The Kier molecular flexibility index (Phi) is 32.7. The number of aromatic nitrogens is 3. The zero-order valence-corrected chi connectivity index (χ0v) is 35.7. The molecule has 1 aromatic carbocycles. The third-order valence-corrected chi connectivity index (χ3v) is 19.6. The van der Waals surface area contributed by atoms with Crippen molar-refractivity contribution < 1.29 is 27.2 Å². The van der Waals surface area contributed by atoms with Gasteiger partial charge >= 0.3 is 7.25 Å². The molecule has 0 fully saturated rings. The predicted octanol–water partition coefficient (Wildman–Crippen LogP) is 13.0. The minimum absolute atomic E-state index is 0.0567. The van der Waals surface area contributed by atoms with Crippen LogP contribution in [-0.2, 0) is 0 Å². The van der Waals surface area contributed by atoms with E-state index in [1.54, 1.807) is 61.4 Å². The number of carbonyl (C=O) groups excluding carboxylic acids is 1. The molecule has 0 aliphatic heterocycles. The van der Waals surface area contributed by atoms with Gasteiger partial charge in [0.2, 0.25) is 0 Å². The summed E-state index contributed by atoms with van der Waals surface area (Å²) in [6, 6.07) is 4.73. The van der Waals surface area contributed by atoms with Gasteiger partial charge in [-0.15, -0.1) is 5.10 Å². The molecule has 300 valence electrons. The van der Waals surface area contributed by atoms with E-state index in [1.165, 1.54) is 109 Å². The van der Waals surface area contributed by atoms with Gasteiger partial charge < -0.3 is 27.2 Å². The summed E-state index contributed by atoms with van der Waals surface area (Å²) in [6.45, 7) is 18.8. The Morgan fingerprint density at radius 3 is 1.10 bits per heavy atom. The lowest BCUT2D eigenvalue weighted by molar-refractivity contribution is -0.254. The molecule has 0 amide bonds. The normalized spacial score (nSPS) is 11.6. The highest BCUT2D eigenvalue weighted by atomic mass is 31.2. The number of benzene rings is 1. The smallest absolute Gasteiger partial charge is 0.545 e. The number of halogens is 4. The Morgan fingerprint density at radius 1 is 0.588 bits per heavy atom. The molecule has 1 heterocycles. The fourth-order valence-corrected chi connectivity index (χ4v) is 16.9. The second kappa shape index (κ2) is 32.2. The van der Waals surface area contributed by atoms with Crippen LogP contribution in [0.4, 0.5) is 17.3 Å². The number of H-pyrrole nitrogens is 1. The van der Waals surface area contributed by atoms with Crippen LogP contribution >= 0.6 is 14.5 Å². The number of hydrogen-bond acceptors (Lipinski definition) is 4. The molecule has 2 rings (SSSR count). The minimum atomic E-state index is -6.00. The monoisotopic (exact) mass is 768 g/mol. The maximum absolute atomic E-state index is 10.5. The first-order chi connectivity index (χ1) is 24.3. The summed E-state index contributed by atoms with van der Waals surface area (Å²) in [4.78, 5) is 10.5. The zero-order valence-electron chi connectivity index (χ0n) is 33.9. The number of rotatable bonds is 25. The van der Waals surface area contributed by atoms with E-state index < -0.39 is 27.7 Å². The third kappa shape index (κ3) is 27.0. The fourth-order valence-electron chi connectivity index (χ4n) is 6.32. The van der Waals surface area contributed by atoms with Gasteiger partial charge in [-0.2, -0.15) is 0 Å². The lowest BCUT2D eigenvalue weighted by Crippen LogP contribution is -2.22. The number of aromatic carboxylic acids is 1. The molecule has 0 saturated heterocycles. The molecule has 0 aliphatic rings. The summed E-state index contributed by atoms with van der Waals surface area (Å²) in [6.07, 6.45) is 35.9. The van der Waals surface area contributed by atoms with Gasteiger partial charge in [-0.05, 0) is 57.4 Å². The highest BCUT2D eigenvalue weighted by Gasteiger charge is 2.35. The van der Waals surface area contributed by atoms with Crippen molar-refractivity contribution in [1.29, 1.82) is 0 Å². The van der Waals surface area contributed by atoms with Crippen LogP contribution in [0, 0.1) is 0 Å². The van der Waals surface area contributed by atoms with Gasteiger partial charge in [-0.3, -0.25) is 5.10 Å². The van der Waals surface area contributed by atoms with Gasteiger partial charge in [-0.25, -0.2) is 0 Å². The van der Waals surface area contributed by atoms with E-state index >= 15 is 0 Å². The molecule has 0 unspecified atom stereocenters. The van der Waals surface area contributed by atoms with Crippen LogP contribution in [0.1, 0.15) is 168 Å². The number of carboxylic acids is 1. The molecule has 1 aromatic heterocycles. The lowest BCUT2D eigenvalue weighted by atomic mass is 10.2. The summed E-state index contributed by atoms with van der Waals surface area (Å²) >= 11 is 0. The van der Waals surface area contributed by atoms with Gasteiger partial charge in [0.1, 0.15) is 5.52 Å². The molecule has 0 bridgehead atoms. The molecule has 0 atom stereocenters. The number of aromatic amines is 1. The number of hydrogen-bond donors (Lipinski definition) is 1. The van der Waals surface area contributed by atoms with E-state index in [0.29, 0.717) is 11.0 Å². The second-order valence-corrected chi connectivity index (χ2v) is 23.0. The summed E-state index contributed by atoms with van der Waals surface area (Å²) in [5.41, 5.74) is 0.982. The highest BCUT2D eigenvalue weighted by Crippen LogP contribution is 2.62. The largest absolute Gasteiger partial charge is 0.673 e. The standard InChI is InChI=1S/2C16H36P.C7H5N3O2.BF4/c2*1-5-9-13-17(14-10-6-2,15-11-7-3)16-12-8-4;11-7(12)4-2-1-3-5-6(4)9-10-8-5;2-1(3,4)5/h2*5-16H2,1-4H3;1-3H,(H,11,12)(H,8,9,10);/q2*+1;;-1/p-1. The van der Waals surface area contributed by atoms with Crippen LogP contribution in [0.25, 0.3) is 11.0 Å². The summed E-state index contributed by atoms with van der Waals surface area (Å²) in [5.74, 6) is -1.24. The van der Waals surface area contributed by atoms with E-state index in [2.05, 4.69) is 70.8 Å². The average molecular weight is 768 g/mol. The van der Waals surface area contributed by atoms with Crippen LogP contribution in [0.5, 0.6) is 0 Å². The van der Waals surface area contributed by atoms with Gasteiger partial charge in [0.15, 0.2) is 0 Å². The molecule has 51 heavy (non-hydrogen) atoms. The van der Waals surface area contributed by atoms with E-state index in [4.69, 9.17) is 0 Å². The van der Waals surface area contributed by atoms with Gasteiger partial charge in [0, 0.05) is 20.1 Å². The Balaban J connectivity index is 0. The Labute approximate surface area is 311 Å². The van der Waals surface area contributed by atoms with Gasteiger partial charge in [0.05, 0.1) is 60.8 Å². The highest BCUT2D eigenvalue weighted by molar-refractivity contribution is 7.76. The van der Waals surface area contributed by atoms with E-state index in [1.807, 2.05) is 0 Å². The Hall–Kier alpha value is -1.27. The van der Waals surface area contributed by atoms with Crippen molar-refractivity contribution >= 4 is 38.8 Å². The maximum atomic E-state index is 10.5. The molecule has 2 aromatic rings. The number of fused-ring (bicyclic) bond motifs is 1. The number of nitrogens with one attached hydrogen (secondary N) is 1. The molecular weight excluding hydrogens is 691 g/mol. The summed E-state index contributed by atoms with van der Waals surface area (Å²) < 4.78 is 39.0. The van der Waals surface area contributed by atoms with Gasteiger partial charge in [-0.1, -0.05) is 124 Å². The number of unbranched alkanes of at least 4 members (excludes halogenated alkanes) is 8. The second-order valence-electron chi connectivity index (χ2n) is 14.1. The van der Waals surface area contributed by atoms with Crippen LogP contribution in [0.2, 0.25) is 0 Å². The molecule has 0 radical (unpaired) electrons. The zero-order chi connectivity index (χ0) is 39.0. The molecule has 1 N–H and O–H groups in total. The lowest BCUT2D eigenvalue weighted by Gasteiger charge is -2.28. The molecule has 5 nitrogen and oxygen atoms in total. The summed E-state index contributed by atoms with van der Waals surface area (Å²) in [7, 11) is -7.12. The maximum Gasteiger partial charge on any atom is 0.673 e. The molecule has 0 aliphatic carbocycles. The number of carboxylic acid groups (broad SMARTS) is 1. The minimum Gasteiger partial charge on any atom is -0.545 e. The van der Waals surface area contributed by atoms with E-state index in [9.17, 15) is 27.2 Å². The van der Waals surface area contributed by atoms with Crippen LogP contribution in [0.15, 0.2) is 18.2 Å². The first kappa shape index (κ1) is 51.8. The third-order valence-electron chi connectivity index (χ3n) is 9.46. The molecule has 0 spiro atoms. The van der Waals surface area contributed by atoms with Crippen molar-refractivity contribution in [3.05, 3.63) is 23.8 Å². The van der Waals surface area contributed by atoms with Gasteiger partial charge in [0.25, 0.3) is 0 Å². The first-order valence-corrected chi connectivity index (χ1v) is 25.4. The van der Waals surface area contributed by atoms with Crippen LogP contribution < -0.4 is 5.11 Å². The van der Waals surface area contributed by atoms with Crippen LogP contribution in [-0.4, -0.2) is 77.9 Å². The molecular formula is C39H76BF4N3O2P2. The predicted molar refractivity (Wildman–Crippen MR) is 220 cm³/mol. The Bertz CT molecular complexity index is 975. The van der Waals surface area contributed by atoms with Crippen molar-refractivity contribution in [2.75, 3.05) is 49.3 Å². The van der Waals surface area contributed by atoms with Crippen molar-refractivity contribution in [3.63, 3.8) is 0 Å².